The van der Waals surface area contributed by atoms with Crippen LogP contribution in [0, 0.1) is 13.8 Å². The second-order valence-corrected chi connectivity index (χ2v) is 13.2. The van der Waals surface area contributed by atoms with Crippen LogP contribution < -0.4 is 0 Å². The standard InChI is InChI=1S/C38H44N2O2/c1-25-17-21-31(37(3,4)5)35(41)29(25)23-39-33-15-11-9-13-27(33)19-20-28-14-10-12-16-34(28)40-24-30-26(2)18-22-32(36(30)42)38(6,7)8/h9-18,21-24,41-42H,19-20H2,1-8H3. The van der Waals surface area contributed by atoms with Gasteiger partial charge in [0, 0.05) is 23.6 Å². The maximum Gasteiger partial charge on any atom is 0.128 e. The van der Waals surface area contributed by atoms with Crippen LogP contribution in [0.2, 0.25) is 0 Å². The number of hydrogen-bond acceptors (Lipinski definition) is 4. The third kappa shape index (κ3) is 6.99. The Hall–Kier alpha value is -4.18. The quantitative estimate of drug-likeness (QED) is 0.221. The Morgan fingerprint density at radius 3 is 1.26 bits per heavy atom. The average molecular weight is 561 g/mol. The van der Waals surface area contributed by atoms with Crippen LogP contribution in [0.4, 0.5) is 11.4 Å². The van der Waals surface area contributed by atoms with Gasteiger partial charge in [-0.25, -0.2) is 0 Å². The second kappa shape index (κ2) is 12.4. The summed E-state index contributed by atoms with van der Waals surface area (Å²) in [5.74, 6) is 0.592. The van der Waals surface area contributed by atoms with E-state index in [2.05, 4.69) is 53.7 Å². The zero-order valence-corrected chi connectivity index (χ0v) is 26.3. The molecule has 0 amide bonds. The van der Waals surface area contributed by atoms with Crippen molar-refractivity contribution < 1.29 is 10.2 Å². The molecule has 42 heavy (non-hydrogen) atoms. The lowest BCUT2D eigenvalue weighted by Crippen LogP contribution is -2.12. The van der Waals surface area contributed by atoms with Gasteiger partial charge in [-0.15, -0.1) is 0 Å². The lowest BCUT2D eigenvalue weighted by atomic mass is 9.84. The van der Waals surface area contributed by atoms with Crippen molar-refractivity contribution >= 4 is 23.8 Å². The summed E-state index contributed by atoms with van der Waals surface area (Å²) in [5.41, 5.74) is 9.01. The Balaban J connectivity index is 1.59. The zero-order valence-electron chi connectivity index (χ0n) is 26.3. The van der Waals surface area contributed by atoms with Gasteiger partial charge in [-0.3, -0.25) is 9.98 Å². The van der Waals surface area contributed by atoms with Crippen molar-refractivity contribution in [3.63, 3.8) is 0 Å². The number of phenolic OH excluding ortho intramolecular Hbond substituents is 2. The maximum atomic E-state index is 11.0. The first-order chi connectivity index (χ1) is 19.8. The highest BCUT2D eigenvalue weighted by Gasteiger charge is 2.21. The molecule has 0 radical (unpaired) electrons. The molecule has 0 atom stereocenters. The van der Waals surface area contributed by atoms with E-state index in [1.165, 1.54) is 0 Å². The Morgan fingerprint density at radius 1 is 0.548 bits per heavy atom. The van der Waals surface area contributed by atoms with Gasteiger partial charge in [-0.05, 0) is 83.0 Å². The van der Waals surface area contributed by atoms with Crippen molar-refractivity contribution in [3.8, 4) is 11.5 Å². The zero-order chi connectivity index (χ0) is 30.7. The Kier molecular flexibility index (Phi) is 9.06. The fraction of sp³-hybridized carbons (Fsp3) is 0.316. The van der Waals surface area contributed by atoms with E-state index in [1.807, 2.05) is 74.5 Å². The fourth-order valence-corrected chi connectivity index (χ4v) is 5.19. The number of aromatic hydroxyl groups is 2. The van der Waals surface area contributed by atoms with Crippen LogP contribution in [-0.2, 0) is 23.7 Å². The minimum Gasteiger partial charge on any atom is -0.507 e. The molecule has 0 unspecified atom stereocenters. The second-order valence-electron chi connectivity index (χ2n) is 13.2. The van der Waals surface area contributed by atoms with E-state index in [0.29, 0.717) is 11.5 Å². The van der Waals surface area contributed by atoms with Crippen molar-refractivity contribution in [3.05, 3.63) is 117 Å². The summed E-state index contributed by atoms with van der Waals surface area (Å²) in [5, 5.41) is 22.1. The lowest BCUT2D eigenvalue weighted by Gasteiger charge is -2.22. The number of aliphatic imine (C=N–C) groups is 2. The molecule has 0 bridgehead atoms. The van der Waals surface area contributed by atoms with Gasteiger partial charge in [-0.2, -0.15) is 0 Å². The molecule has 0 spiro atoms. The number of rotatable bonds is 7. The molecule has 4 aromatic rings. The molecule has 4 rings (SSSR count). The summed E-state index contributed by atoms with van der Waals surface area (Å²) >= 11 is 0. The van der Waals surface area contributed by atoms with Crippen LogP contribution >= 0.6 is 0 Å². The SMILES string of the molecule is Cc1ccc(C(C)(C)C)c(O)c1C=Nc1ccccc1CCc1ccccc1N=Cc1c(C)ccc(C(C)(C)C)c1O. The molecule has 0 heterocycles. The van der Waals surface area contributed by atoms with Crippen LogP contribution in [-0.4, -0.2) is 22.6 Å². The third-order valence-corrected chi connectivity index (χ3v) is 7.80. The highest BCUT2D eigenvalue weighted by Crippen LogP contribution is 2.36. The van der Waals surface area contributed by atoms with Gasteiger partial charge < -0.3 is 10.2 Å². The van der Waals surface area contributed by atoms with Gasteiger partial charge in [-0.1, -0.05) is 102 Å². The van der Waals surface area contributed by atoms with Gasteiger partial charge in [0.2, 0.25) is 0 Å². The van der Waals surface area contributed by atoms with Crippen LogP contribution in [0.5, 0.6) is 11.5 Å². The summed E-state index contributed by atoms with van der Waals surface area (Å²) < 4.78 is 0. The molecule has 0 aliphatic rings. The van der Waals surface area contributed by atoms with Crippen LogP contribution in [0.1, 0.15) is 86.1 Å². The molecule has 4 nitrogen and oxygen atoms in total. The molecule has 0 aromatic heterocycles. The van der Waals surface area contributed by atoms with E-state index in [9.17, 15) is 10.2 Å². The third-order valence-electron chi connectivity index (χ3n) is 7.80. The molecule has 0 saturated heterocycles. The molecule has 0 aliphatic carbocycles. The van der Waals surface area contributed by atoms with Crippen molar-refractivity contribution in [2.75, 3.05) is 0 Å². The number of nitrogens with zero attached hydrogens (tertiary/aromatic N) is 2. The molecule has 218 valence electrons. The predicted octanol–water partition coefficient (Wildman–Crippen LogP) is 9.60. The summed E-state index contributed by atoms with van der Waals surface area (Å²) in [7, 11) is 0. The van der Waals surface area contributed by atoms with Crippen LogP contribution in [0.25, 0.3) is 0 Å². The fourth-order valence-electron chi connectivity index (χ4n) is 5.19. The van der Waals surface area contributed by atoms with Crippen molar-refractivity contribution in [2.24, 2.45) is 9.98 Å². The molecule has 0 fully saturated rings. The Bertz CT molecular complexity index is 1510. The summed E-state index contributed by atoms with van der Waals surface area (Å²) in [4.78, 5) is 9.67. The first kappa shape index (κ1) is 30.8. The number of aryl methyl sites for hydroxylation is 4. The van der Waals surface area contributed by atoms with E-state index in [-0.39, 0.29) is 10.8 Å². The van der Waals surface area contributed by atoms with Crippen LogP contribution in [0.15, 0.2) is 82.8 Å². The summed E-state index contributed by atoms with van der Waals surface area (Å²) in [6.07, 6.45) is 5.16. The highest BCUT2D eigenvalue weighted by molar-refractivity contribution is 5.89. The van der Waals surface area contributed by atoms with Gasteiger partial charge in [0.25, 0.3) is 0 Å². The van der Waals surface area contributed by atoms with E-state index < -0.39 is 0 Å². The molecular weight excluding hydrogens is 516 g/mol. The number of para-hydroxylation sites is 2. The Labute approximate surface area is 251 Å². The van der Waals surface area contributed by atoms with Crippen LogP contribution in [0.3, 0.4) is 0 Å². The molecule has 2 N–H and O–H groups in total. The van der Waals surface area contributed by atoms with E-state index in [4.69, 9.17) is 9.98 Å². The lowest BCUT2D eigenvalue weighted by molar-refractivity contribution is 0.444. The molecular formula is C38H44N2O2. The minimum absolute atomic E-state index is 0.166. The molecule has 0 saturated carbocycles. The molecule has 4 aromatic carbocycles. The average Bonchev–Trinajstić information content (AvgIpc) is 2.91. The van der Waals surface area contributed by atoms with E-state index >= 15 is 0 Å². The first-order valence-electron chi connectivity index (χ1n) is 14.7. The van der Waals surface area contributed by atoms with Crippen molar-refractivity contribution in [1.82, 2.24) is 0 Å². The predicted molar refractivity (Wildman–Crippen MR) is 178 cm³/mol. The first-order valence-corrected chi connectivity index (χ1v) is 14.7. The topological polar surface area (TPSA) is 65.2 Å². The number of benzene rings is 4. The Morgan fingerprint density at radius 2 is 0.905 bits per heavy atom. The normalized spacial score (nSPS) is 12.5. The number of hydrogen-bond donors (Lipinski definition) is 2. The highest BCUT2D eigenvalue weighted by atomic mass is 16.3. The van der Waals surface area contributed by atoms with Crippen molar-refractivity contribution in [2.45, 2.75) is 79.1 Å². The maximum absolute atomic E-state index is 11.0. The largest absolute Gasteiger partial charge is 0.507 e. The van der Waals surface area contributed by atoms with Gasteiger partial charge >= 0.3 is 0 Å². The van der Waals surface area contributed by atoms with Crippen molar-refractivity contribution in [1.29, 1.82) is 0 Å². The number of phenols is 2. The van der Waals surface area contributed by atoms with E-state index in [0.717, 1.165) is 68.7 Å². The molecule has 4 heteroatoms. The van der Waals surface area contributed by atoms with Gasteiger partial charge in [0.1, 0.15) is 11.5 Å². The van der Waals surface area contributed by atoms with E-state index in [1.54, 1.807) is 12.4 Å². The molecule has 0 aliphatic heterocycles. The monoisotopic (exact) mass is 560 g/mol. The van der Waals surface area contributed by atoms with Gasteiger partial charge in [0.05, 0.1) is 11.4 Å². The summed E-state index contributed by atoms with van der Waals surface area (Å²) in [6, 6.07) is 24.4. The smallest absolute Gasteiger partial charge is 0.128 e. The summed E-state index contributed by atoms with van der Waals surface area (Å²) in [6.45, 7) is 16.6. The minimum atomic E-state index is -0.166. The van der Waals surface area contributed by atoms with Gasteiger partial charge in [0.15, 0.2) is 0 Å².